The van der Waals surface area contributed by atoms with Crippen molar-refractivity contribution in [1.82, 2.24) is 19.7 Å². The van der Waals surface area contributed by atoms with Crippen LogP contribution in [-0.4, -0.2) is 31.4 Å². The summed E-state index contributed by atoms with van der Waals surface area (Å²) in [5, 5.41) is 9.64. The van der Waals surface area contributed by atoms with Crippen molar-refractivity contribution in [3.8, 4) is 16.8 Å². The van der Waals surface area contributed by atoms with Crippen molar-refractivity contribution in [3.63, 3.8) is 0 Å². The molecule has 39 heavy (non-hydrogen) atoms. The zero-order chi connectivity index (χ0) is 27.2. The highest BCUT2D eigenvalue weighted by atomic mass is 19.1. The van der Waals surface area contributed by atoms with Crippen molar-refractivity contribution in [2.75, 3.05) is 5.32 Å². The molecule has 0 fully saturated rings. The molecule has 0 spiro atoms. The predicted molar refractivity (Wildman–Crippen MR) is 144 cm³/mol. The Balaban J connectivity index is 1.28. The average Bonchev–Trinajstić information content (AvgIpc) is 3.62. The van der Waals surface area contributed by atoms with E-state index in [1.807, 2.05) is 42.6 Å². The summed E-state index contributed by atoms with van der Waals surface area (Å²) in [7, 11) is 0. The number of imidazole rings is 1. The lowest BCUT2D eigenvalue weighted by Gasteiger charge is -2.09. The SMILES string of the molecule is O=C(CCCc1cn(-c2ccccc2)c(NC(=O)c2cccc(-c3cn[nH]c3)c2)n1)Cc1ccc(F)cc1F. The Morgan fingerprint density at radius 1 is 0.949 bits per heavy atom. The van der Waals surface area contributed by atoms with Gasteiger partial charge in [0.15, 0.2) is 0 Å². The molecule has 0 unspecified atom stereocenters. The number of nitrogens with one attached hydrogen (secondary N) is 2. The fourth-order valence-corrected chi connectivity index (χ4v) is 4.28. The Bertz CT molecular complexity index is 1600. The van der Waals surface area contributed by atoms with E-state index in [9.17, 15) is 18.4 Å². The van der Waals surface area contributed by atoms with Crippen LogP contribution in [0.1, 0.15) is 34.5 Å². The molecule has 5 aromatic rings. The first-order valence-corrected chi connectivity index (χ1v) is 12.5. The third kappa shape index (κ3) is 6.32. The van der Waals surface area contributed by atoms with Crippen molar-refractivity contribution < 1.29 is 18.4 Å². The van der Waals surface area contributed by atoms with Gasteiger partial charge in [-0.2, -0.15) is 5.10 Å². The largest absolute Gasteiger partial charge is 0.299 e. The van der Waals surface area contributed by atoms with Crippen LogP contribution in [0.4, 0.5) is 14.7 Å². The van der Waals surface area contributed by atoms with Gasteiger partial charge in [0.2, 0.25) is 5.95 Å². The lowest BCUT2D eigenvalue weighted by molar-refractivity contribution is -0.118. The van der Waals surface area contributed by atoms with Gasteiger partial charge in [-0.25, -0.2) is 13.8 Å². The molecule has 0 bridgehead atoms. The van der Waals surface area contributed by atoms with Gasteiger partial charge in [0, 0.05) is 48.1 Å². The van der Waals surface area contributed by atoms with Gasteiger partial charge in [0.05, 0.1) is 11.9 Å². The maximum absolute atomic E-state index is 13.9. The molecule has 5 rings (SSSR count). The molecule has 0 saturated heterocycles. The molecule has 9 heteroatoms. The van der Waals surface area contributed by atoms with E-state index in [-0.39, 0.29) is 30.1 Å². The zero-order valence-corrected chi connectivity index (χ0v) is 20.9. The molecule has 0 radical (unpaired) electrons. The number of aromatic amines is 1. The van der Waals surface area contributed by atoms with E-state index >= 15 is 0 Å². The fourth-order valence-electron chi connectivity index (χ4n) is 4.28. The van der Waals surface area contributed by atoms with Crippen molar-refractivity contribution in [2.45, 2.75) is 25.7 Å². The second kappa shape index (κ2) is 11.6. The summed E-state index contributed by atoms with van der Waals surface area (Å²) in [4.78, 5) is 30.2. The van der Waals surface area contributed by atoms with Gasteiger partial charge >= 0.3 is 0 Å². The van der Waals surface area contributed by atoms with Crippen LogP contribution >= 0.6 is 0 Å². The van der Waals surface area contributed by atoms with E-state index in [0.717, 1.165) is 28.9 Å². The third-order valence-electron chi connectivity index (χ3n) is 6.26. The van der Waals surface area contributed by atoms with E-state index in [1.165, 1.54) is 6.07 Å². The maximum atomic E-state index is 13.9. The molecule has 2 heterocycles. The number of carbonyl (C=O) groups excluding carboxylic acids is 2. The molecule has 196 valence electrons. The first-order chi connectivity index (χ1) is 19.0. The number of aromatic nitrogens is 4. The third-order valence-corrected chi connectivity index (χ3v) is 6.26. The van der Waals surface area contributed by atoms with Crippen LogP contribution in [0.3, 0.4) is 0 Å². The lowest BCUT2D eigenvalue weighted by atomic mass is 10.0. The number of anilines is 1. The Morgan fingerprint density at radius 2 is 1.79 bits per heavy atom. The van der Waals surface area contributed by atoms with Gasteiger partial charge in [-0.3, -0.25) is 24.6 Å². The Morgan fingerprint density at radius 3 is 2.56 bits per heavy atom. The van der Waals surface area contributed by atoms with Gasteiger partial charge in [0.1, 0.15) is 17.4 Å². The minimum atomic E-state index is -0.722. The number of aryl methyl sites for hydroxylation is 1. The normalized spacial score (nSPS) is 10.9. The molecule has 0 saturated carbocycles. The number of hydrogen-bond acceptors (Lipinski definition) is 4. The first kappa shape index (κ1) is 25.7. The summed E-state index contributed by atoms with van der Waals surface area (Å²) in [6.07, 6.45) is 6.38. The topological polar surface area (TPSA) is 92.7 Å². The smallest absolute Gasteiger partial charge is 0.258 e. The molecule has 0 aliphatic rings. The van der Waals surface area contributed by atoms with Crippen molar-refractivity contribution in [1.29, 1.82) is 0 Å². The second-order valence-electron chi connectivity index (χ2n) is 9.09. The van der Waals surface area contributed by atoms with Crippen molar-refractivity contribution in [2.24, 2.45) is 0 Å². The minimum Gasteiger partial charge on any atom is -0.299 e. The number of rotatable bonds is 10. The van der Waals surface area contributed by atoms with Crippen molar-refractivity contribution >= 4 is 17.6 Å². The van der Waals surface area contributed by atoms with Crippen molar-refractivity contribution in [3.05, 3.63) is 120 Å². The summed E-state index contributed by atoms with van der Waals surface area (Å²) in [6.45, 7) is 0. The summed E-state index contributed by atoms with van der Waals surface area (Å²) < 4.78 is 28.8. The standard InChI is InChI=1S/C30H25F2N5O2/c31-24-13-12-21(28(32)16-24)15-27(38)11-5-8-25-19-37(26-9-2-1-3-10-26)30(35-25)36-29(39)22-7-4-6-20(14-22)23-17-33-34-18-23/h1-4,6-7,9-10,12-14,16-19H,5,8,11,15H2,(H,33,34)(H,35,36,39). The van der Waals surface area contributed by atoms with Crippen LogP contribution in [0.2, 0.25) is 0 Å². The van der Waals surface area contributed by atoms with Gasteiger partial charge in [-0.1, -0.05) is 36.4 Å². The predicted octanol–water partition coefficient (Wildman–Crippen LogP) is 5.93. The van der Waals surface area contributed by atoms with Crippen LogP contribution in [0.5, 0.6) is 0 Å². The van der Waals surface area contributed by atoms with Crippen LogP contribution in [0, 0.1) is 11.6 Å². The minimum absolute atomic E-state index is 0.0935. The fraction of sp³-hybridized carbons (Fsp3) is 0.133. The quantitative estimate of drug-likeness (QED) is 0.237. The van der Waals surface area contributed by atoms with Crippen LogP contribution in [-0.2, 0) is 17.6 Å². The lowest BCUT2D eigenvalue weighted by Crippen LogP contribution is -2.15. The van der Waals surface area contributed by atoms with E-state index < -0.39 is 11.6 Å². The average molecular weight is 526 g/mol. The number of para-hydroxylation sites is 1. The highest BCUT2D eigenvalue weighted by molar-refractivity contribution is 6.04. The summed E-state index contributed by atoms with van der Waals surface area (Å²) >= 11 is 0. The Labute approximate surface area is 223 Å². The number of hydrogen-bond donors (Lipinski definition) is 2. The summed E-state index contributed by atoms with van der Waals surface area (Å²) in [5.74, 6) is -1.50. The van der Waals surface area contributed by atoms with E-state index in [2.05, 4.69) is 20.5 Å². The van der Waals surface area contributed by atoms with Gasteiger partial charge in [-0.05, 0) is 54.3 Å². The highest BCUT2D eigenvalue weighted by Crippen LogP contribution is 2.22. The molecule has 1 amide bonds. The summed E-state index contributed by atoms with van der Waals surface area (Å²) in [6, 6.07) is 19.9. The number of Topliss-reactive ketones (excluding diaryl/α,β-unsaturated/α-hetero) is 1. The number of H-pyrrole nitrogens is 1. The van der Waals surface area contributed by atoms with E-state index in [1.54, 1.807) is 35.2 Å². The zero-order valence-electron chi connectivity index (χ0n) is 20.9. The maximum Gasteiger partial charge on any atom is 0.258 e. The number of nitrogens with zero attached hydrogens (tertiary/aromatic N) is 3. The highest BCUT2D eigenvalue weighted by Gasteiger charge is 2.16. The number of carbonyl (C=O) groups is 2. The second-order valence-corrected chi connectivity index (χ2v) is 9.09. The number of amides is 1. The molecule has 0 aliphatic heterocycles. The van der Waals surface area contributed by atoms with Crippen LogP contribution in [0.15, 0.2) is 91.4 Å². The van der Waals surface area contributed by atoms with E-state index in [4.69, 9.17) is 0 Å². The van der Waals surface area contributed by atoms with Gasteiger partial charge in [-0.15, -0.1) is 0 Å². The molecule has 0 atom stereocenters. The molecule has 0 aliphatic carbocycles. The summed E-state index contributed by atoms with van der Waals surface area (Å²) in [5.41, 5.74) is 3.89. The number of ketones is 1. The molecule has 7 nitrogen and oxygen atoms in total. The van der Waals surface area contributed by atoms with Crippen LogP contribution < -0.4 is 5.32 Å². The van der Waals surface area contributed by atoms with Crippen LogP contribution in [0.25, 0.3) is 16.8 Å². The molecular formula is C30H25F2N5O2. The van der Waals surface area contributed by atoms with E-state index in [0.29, 0.717) is 30.0 Å². The van der Waals surface area contributed by atoms with Gasteiger partial charge in [0.25, 0.3) is 5.91 Å². The monoisotopic (exact) mass is 525 g/mol. The number of benzene rings is 3. The first-order valence-electron chi connectivity index (χ1n) is 12.5. The molecule has 2 aromatic heterocycles. The molecule has 3 aromatic carbocycles. The molecule has 2 N–H and O–H groups in total. The Kier molecular flexibility index (Phi) is 7.68. The van der Waals surface area contributed by atoms with Gasteiger partial charge < -0.3 is 0 Å². The number of halogens is 2. The molecular weight excluding hydrogens is 500 g/mol. The Hall–Kier alpha value is -4.92.